The highest BCUT2D eigenvalue weighted by molar-refractivity contribution is 7.85. The van der Waals surface area contributed by atoms with Crippen molar-refractivity contribution in [3.8, 4) is 0 Å². The summed E-state index contributed by atoms with van der Waals surface area (Å²) in [7, 11) is -5.10. The van der Waals surface area contributed by atoms with Crippen molar-refractivity contribution < 1.29 is 31.4 Å². The third kappa shape index (κ3) is 7.52. The van der Waals surface area contributed by atoms with Crippen molar-refractivity contribution >= 4 is 34.7 Å². The van der Waals surface area contributed by atoms with Crippen LogP contribution in [0.4, 0.5) is 0 Å². The number of piperidine rings is 1. The van der Waals surface area contributed by atoms with Crippen LogP contribution in [0.25, 0.3) is 0 Å². The predicted octanol–water partition coefficient (Wildman–Crippen LogP) is 3.46. The molecule has 0 spiro atoms. The summed E-state index contributed by atoms with van der Waals surface area (Å²) in [5.41, 5.74) is 0. The van der Waals surface area contributed by atoms with Gasteiger partial charge in [-0.3, -0.25) is 4.79 Å². The van der Waals surface area contributed by atoms with E-state index in [-0.39, 0.29) is 23.7 Å². The third-order valence-corrected chi connectivity index (χ3v) is 12.4. The monoisotopic (exact) mass is 563 g/mol. The van der Waals surface area contributed by atoms with Crippen LogP contribution in [0.3, 0.4) is 0 Å². The molecule has 1 aliphatic heterocycles. The van der Waals surface area contributed by atoms with Crippen LogP contribution in [0.1, 0.15) is 46.5 Å². The molecule has 8 nitrogen and oxygen atoms in total. The number of hydrogen-bond acceptors (Lipinski definition) is 7. The molecule has 2 aromatic rings. The number of amides is 1. The first kappa shape index (κ1) is 30.5. The highest BCUT2D eigenvalue weighted by atomic mass is 32.2. The molecule has 1 saturated heterocycles. The Morgan fingerprint density at radius 3 is 2.00 bits per heavy atom. The van der Waals surface area contributed by atoms with Crippen LogP contribution in [-0.4, -0.2) is 67.1 Å². The zero-order valence-electron chi connectivity index (χ0n) is 23.1. The van der Waals surface area contributed by atoms with Crippen LogP contribution < -0.4 is 10.4 Å². The average Bonchev–Trinajstić information content (AvgIpc) is 2.87. The summed E-state index contributed by atoms with van der Waals surface area (Å²) >= 11 is 0. The SMILES string of the molecule is COCOCC[C@@H]1CC[C@H](CCO[Si](c2ccccc2)(c2ccccc2)C(C)(C)C)N(OS(C)(=O)=O)C1=O. The van der Waals surface area contributed by atoms with Gasteiger partial charge >= 0.3 is 0 Å². The lowest BCUT2D eigenvalue weighted by atomic mass is 9.90. The Morgan fingerprint density at radius 2 is 1.50 bits per heavy atom. The highest BCUT2D eigenvalue weighted by Crippen LogP contribution is 2.37. The van der Waals surface area contributed by atoms with E-state index in [2.05, 4.69) is 45.0 Å². The van der Waals surface area contributed by atoms with Gasteiger partial charge in [-0.1, -0.05) is 81.4 Å². The molecule has 0 radical (unpaired) electrons. The predicted molar refractivity (Wildman–Crippen MR) is 150 cm³/mol. The van der Waals surface area contributed by atoms with Gasteiger partial charge in [0, 0.05) is 19.6 Å². The molecule has 1 aliphatic rings. The summed E-state index contributed by atoms with van der Waals surface area (Å²) in [4.78, 5) is 13.3. The molecule has 38 heavy (non-hydrogen) atoms. The number of hydrogen-bond donors (Lipinski definition) is 0. The van der Waals surface area contributed by atoms with Gasteiger partial charge in [-0.2, -0.15) is 8.42 Å². The fourth-order valence-electron chi connectivity index (χ4n) is 5.24. The molecule has 1 heterocycles. The van der Waals surface area contributed by atoms with Crippen molar-refractivity contribution in [3.63, 3.8) is 0 Å². The number of carbonyl (C=O) groups excluding carboxylic acids is 1. The second-order valence-electron chi connectivity index (χ2n) is 10.8. The minimum absolute atomic E-state index is 0.146. The van der Waals surface area contributed by atoms with Crippen molar-refractivity contribution in [2.75, 3.05) is 33.4 Å². The number of methoxy groups -OCH3 is 1. The lowest BCUT2D eigenvalue weighted by Crippen LogP contribution is -2.66. The molecule has 0 saturated carbocycles. The van der Waals surface area contributed by atoms with Crippen molar-refractivity contribution in [1.82, 2.24) is 5.06 Å². The van der Waals surface area contributed by atoms with E-state index >= 15 is 0 Å². The Hall–Kier alpha value is -2.08. The number of benzene rings is 2. The maximum atomic E-state index is 13.3. The van der Waals surface area contributed by atoms with Crippen LogP contribution in [-0.2, 0) is 33.1 Å². The average molecular weight is 564 g/mol. The molecule has 2 aromatic carbocycles. The normalized spacial score (nSPS) is 19.1. The first-order chi connectivity index (χ1) is 18.0. The van der Waals surface area contributed by atoms with Gasteiger partial charge in [-0.15, -0.1) is 4.28 Å². The van der Waals surface area contributed by atoms with Crippen molar-refractivity contribution in [2.45, 2.75) is 57.5 Å². The summed E-state index contributed by atoms with van der Waals surface area (Å²) < 4.78 is 46.5. The molecule has 0 aliphatic carbocycles. The first-order valence-corrected chi connectivity index (χ1v) is 16.8. The zero-order valence-corrected chi connectivity index (χ0v) is 24.9. The Morgan fingerprint density at radius 1 is 0.921 bits per heavy atom. The first-order valence-electron chi connectivity index (χ1n) is 13.0. The van der Waals surface area contributed by atoms with Gasteiger partial charge in [0.05, 0.1) is 18.9 Å². The minimum atomic E-state index is -3.88. The largest absolute Gasteiger partial charge is 0.407 e. The molecule has 210 valence electrons. The van der Waals surface area contributed by atoms with E-state index in [9.17, 15) is 13.2 Å². The van der Waals surface area contributed by atoms with Crippen LogP contribution in [0.5, 0.6) is 0 Å². The molecule has 1 amide bonds. The molecule has 3 rings (SSSR count). The third-order valence-electron chi connectivity index (χ3n) is 6.96. The molecule has 10 heteroatoms. The summed E-state index contributed by atoms with van der Waals surface area (Å²) in [6, 6.07) is 20.2. The maximum Gasteiger partial charge on any atom is 0.285 e. The summed E-state index contributed by atoms with van der Waals surface area (Å²) in [6.07, 6.45) is 3.13. The van der Waals surface area contributed by atoms with Gasteiger partial charge in [0.2, 0.25) is 0 Å². The summed E-state index contributed by atoms with van der Waals surface area (Å²) in [5, 5.41) is 3.21. The standard InChI is InChI=1S/C28H41NO7SSi/c1-28(2,3)38(25-12-8-6-9-13-25,26-14-10-7-11-15-26)35-21-19-24-17-16-23(18-20-34-22-33-4)27(30)29(24)36-37(5,31)32/h6-15,23-24H,16-22H2,1-5H3/t23-,24+/m0/s1. The van der Waals surface area contributed by atoms with E-state index in [1.165, 1.54) is 17.5 Å². The molecule has 0 N–H and O–H groups in total. The van der Waals surface area contributed by atoms with Crippen molar-refractivity contribution in [2.24, 2.45) is 5.92 Å². The molecular weight excluding hydrogens is 522 g/mol. The Labute approximate surface area is 228 Å². The van der Waals surface area contributed by atoms with Crippen LogP contribution >= 0.6 is 0 Å². The van der Waals surface area contributed by atoms with Gasteiger partial charge < -0.3 is 13.9 Å². The second-order valence-corrected chi connectivity index (χ2v) is 16.6. The number of nitrogens with zero attached hydrogens (tertiary/aromatic N) is 1. The van der Waals surface area contributed by atoms with E-state index in [0.717, 1.165) is 11.3 Å². The van der Waals surface area contributed by atoms with Crippen LogP contribution in [0.15, 0.2) is 60.7 Å². The highest BCUT2D eigenvalue weighted by Gasteiger charge is 2.50. The number of carbonyl (C=O) groups is 1. The van der Waals surface area contributed by atoms with Crippen LogP contribution in [0.2, 0.25) is 5.04 Å². The fourth-order valence-corrected chi connectivity index (χ4v) is 10.3. The summed E-state index contributed by atoms with van der Waals surface area (Å²) in [5.74, 6) is -0.708. The Kier molecular flexibility index (Phi) is 10.7. The van der Waals surface area contributed by atoms with Gasteiger partial charge in [-0.05, 0) is 41.1 Å². The van der Waals surface area contributed by atoms with Gasteiger partial charge in [0.1, 0.15) is 6.79 Å². The van der Waals surface area contributed by atoms with E-state index in [0.29, 0.717) is 38.9 Å². The van der Waals surface area contributed by atoms with Crippen LogP contribution in [0, 0.1) is 5.92 Å². The van der Waals surface area contributed by atoms with Gasteiger partial charge in [0.25, 0.3) is 24.3 Å². The molecule has 0 bridgehead atoms. The topological polar surface area (TPSA) is 91.4 Å². The van der Waals surface area contributed by atoms with Crippen molar-refractivity contribution in [1.29, 1.82) is 0 Å². The summed E-state index contributed by atoms with van der Waals surface area (Å²) in [6.45, 7) is 7.47. The number of ether oxygens (including phenoxy) is 2. The number of hydroxylamine groups is 2. The lowest BCUT2D eigenvalue weighted by molar-refractivity contribution is -0.179. The van der Waals surface area contributed by atoms with E-state index in [1.54, 1.807) is 0 Å². The van der Waals surface area contributed by atoms with E-state index in [1.807, 2.05) is 36.4 Å². The fraction of sp³-hybridized carbons (Fsp3) is 0.536. The molecule has 2 atom stereocenters. The Balaban J connectivity index is 1.82. The Bertz CT molecular complexity index is 1080. The molecule has 0 unspecified atom stereocenters. The molecule has 1 fully saturated rings. The number of rotatable bonds is 13. The zero-order chi connectivity index (χ0) is 27.8. The second kappa shape index (κ2) is 13.3. The quantitative estimate of drug-likeness (QED) is 0.209. The van der Waals surface area contributed by atoms with Gasteiger partial charge in [-0.25, -0.2) is 5.06 Å². The van der Waals surface area contributed by atoms with E-state index in [4.69, 9.17) is 18.2 Å². The molecular formula is C28H41NO7SSi. The lowest BCUT2D eigenvalue weighted by Gasteiger charge is -2.44. The van der Waals surface area contributed by atoms with E-state index < -0.39 is 24.5 Å². The van der Waals surface area contributed by atoms with Crippen molar-refractivity contribution in [3.05, 3.63) is 60.7 Å². The van der Waals surface area contributed by atoms with Gasteiger partial charge in [0.15, 0.2) is 0 Å². The maximum absolute atomic E-state index is 13.3. The smallest absolute Gasteiger partial charge is 0.285 e. The molecule has 0 aromatic heterocycles. The minimum Gasteiger partial charge on any atom is -0.407 e.